The van der Waals surface area contributed by atoms with Crippen LogP contribution in [0.5, 0.6) is 0 Å². The normalized spacial score (nSPS) is 14.8. The van der Waals surface area contributed by atoms with Gasteiger partial charge in [0.1, 0.15) is 5.82 Å². The molecule has 1 aliphatic heterocycles. The number of hydrogen-bond acceptors (Lipinski definition) is 6. The third-order valence-corrected chi connectivity index (χ3v) is 9.76. The number of rotatable bonds is 8. The molecule has 1 unspecified atom stereocenters. The van der Waals surface area contributed by atoms with Crippen molar-refractivity contribution in [3.63, 3.8) is 0 Å². The molecule has 1 atom stereocenters. The smallest absolute Gasteiger partial charge is 0.261 e. The Hall–Kier alpha value is -3.86. The second kappa shape index (κ2) is 13.0. The van der Waals surface area contributed by atoms with Gasteiger partial charge >= 0.3 is 0 Å². The Bertz CT molecular complexity index is 1870. The maximum Gasteiger partial charge on any atom is 0.261 e. The first-order chi connectivity index (χ1) is 20.7. The van der Waals surface area contributed by atoms with E-state index in [9.17, 15) is 12.8 Å². The minimum absolute atomic E-state index is 0. The summed E-state index contributed by atoms with van der Waals surface area (Å²) < 4.78 is 41.9. The number of hydrogen-bond donors (Lipinski definition) is 1. The van der Waals surface area contributed by atoms with Crippen molar-refractivity contribution >= 4 is 54.9 Å². The van der Waals surface area contributed by atoms with Crippen LogP contribution in [0.15, 0.2) is 112 Å². The molecular formula is C34H32BrFN4O2S2. The maximum atomic E-state index is 13.6. The number of anilines is 2. The lowest BCUT2D eigenvalue weighted by Gasteiger charge is -2.21. The van der Waals surface area contributed by atoms with Crippen LogP contribution < -0.4 is 9.73 Å². The molecule has 1 aliphatic rings. The molecular weight excluding hydrogens is 659 g/mol. The largest absolute Gasteiger partial charge is 0.280 e. The highest BCUT2D eigenvalue weighted by Gasteiger charge is 2.32. The molecule has 6 nitrogen and oxygen atoms in total. The molecule has 2 heterocycles. The van der Waals surface area contributed by atoms with Gasteiger partial charge in [-0.3, -0.25) is 4.72 Å². The van der Waals surface area contributed by atoms with Gasteiger partial charge in [0.15, 0.2) is 0 Å². The minimum Gasteiger partial charge on any atom is -0.280 e. The van der Waals surface area contributed by atoms with E-state index < -0.39 is 10.0 Å². The lowest BCUT2D eigenvalue weighted by molar-refractivity contribution is 0.601. The van der Waals surface area contributed by atoms with Crippen molar-refractivity contribution in [1.29, 1.82) is 0 Å². The lowest BCUT2D eigenvalue weighted by Crippen LogP contribution is -2.18. The zero-order valence-corrected chi connectivity index (χ0v) is 27.8. The maximum absolute atomic E-state index is 13.6. The number of benzene rings is 4. The summed E-state index contributed by atoms with van der Waals surface area (Å²) in [7, 11) is -3.69. The third kappa shape index (κ3) is 6.77. The molecule has 1 aromatic heterocycles. The minimum atomic E-state index is -3.69. The van der Waals surface area contributed by atoms with E-state index in [2.05, 4.69) is 42.8 Å². The molecule has 4 aromatic carbocycles. The van der Waals surface area contributed by atoms with Gasteiger partial charge in [-0.2, -0.15) is 5.10 Å². The summed E-state index contributed by atoms with van der Waals surface area (Å²) >= 11 is 1.50. The van der Waals surface area contributed by atoms with Gasteiger partial charge in [-0.25, -0.2) is 22.8 Å². The van der Waals surface area contributed by atoms with Crippen LogP contribution in [0, 0.1) is 12.7 Å². The fraction of sp³-hybridized carbons (Fsp3) is 0.176. The standard InChI is InChI=1S/C34H31FN4O2S2.BrH/c1-22(2)24-6-8-27(9-7-24)33-20-31(25-10-14-28(35)15-11-25)37-39(33)34-36-32(21-42-34)26-12-16-29(17-13-26)38-43(40,41)30-18-4-23(3)5-19-30;/h4-19,21-22,33,38H,20H2,1-3H3;1H. The summed E-state index contributed by atoms with van der Waals surface area (Å²) in [6.45, 7) is 6.27. The molecule has 44 heavy (non-hydrogen) atoms. The van der Waals surface area contributed by atoms with Crippen LogP contribution in [-0.2, 0) is 10.0 Å². The average molecular weight is 692 g/mol. The summed E-state index contributed by atoms with van der Waals surface area (Å²) in [6.07, 6.45) is 0.664. The van der Waals surface area contributed by atoms with Crippen molar-refractivity contribution in [2.45, 2.75) is 44.0 Å². The molecule has 5 aromatic rings. The number of hydrazone groups is 1. The predicted molar refractivity (Wildman–Crippen MR) is 183 cm³/mol. The SMILES string of the molecule is Br.Cc1ccc(S(=O)(=O)Nc2ccc(-c3csc(N4N=C(c5ccc(F)cc5)CC4c4ccc(C(C)C)cc4)n3)cc2)cc1. The summed E-state index contributed by atoms with van der Waals surface area (Å²) in [5, 5.41) is 9.65. The fourth-order valence-electron chi connectivity index (χ4n) is 5.01. The van der Waals surface area contributed by atoms with Crippen molar-refractivity contribution in [2.75, 3.05) is 9.73 Å². The molecule has 226 valence electrons. The van der Waals surface area contributed by atoms with Crippen molar-refractivity contribution in [2.24, 2.45) is 5.10 Å². The van der Waals surface area contributed by atoms with Gasteiger partial charge in [0.2, 0.25) is 5.13 Å². The van der Waals surface area contributed by atoms with Gasteiger partial charge < -0.3 is 0 Å². The summed E-state index contributed by atoms with van der Waals surface area (Å²) in [5.74, 6) is 0.157. The highest BCUT2D eigenvalue weighted by atomic mass is 79.9. The topological polar surface area (TPSA) is 74.7 Å². The molecule has 10 heteroatoms. The van der Waals surface area contributed by atoms with Crippen molar-refractivity contribution < 1.29 is 12.8 Å². The molecule has 0 bridgehead atoms. The van der Waals surface area contributed by atoms with E-state index in [1.807, 2.05) is 29.4 Å². The fourth-order valence-corrected chi connectivity index (χ4v) is 6.90. The van der Waals surface area contributed by atoms with Crippen LogP contribution in [0.1, 0.15) is 54.5 Å². The van der Waals surface area contributed by atoms with Crippen LogP contribution in [0.2, 0.25) is 0 Å². The predicted octanol–water partition coefficient (Wildman–Crippen LogP) is 9.12. The van der Waals surface area contributed by atoms with Crippen molar-refractivity contribution in [3.05, 3.63) is 131 Å². The average Bonchev–Trinajstić information content (AvgIpc) is 3.66. The monoisotopic (exact) mass is 690 g/mol. The van der Waals surface area contributed by atoms with Crippen LogP contribution >= 0.6 is 28.3 Å². The lowest BCUT2D eigenvalue weighted by atomic mass is 9.95. The number of halogens is 2. The van der Waals surface area contributed by atoms with Gasteiger partial charge in [-0.15, -0.1) is 28.3 Å². The van der Waals surface area contributed by atoms with E-state index in [-0.39, 0.29) is 33.7 Å². The summed E-state index contributed by atoms with van der Waals surface area (Å²) in [6, 6.07) is 28.9. The molecule has 0 saturated carbocycles. The molecule has 0 saturated heterocycles. The van der Waals surface area contributed by atoms with E-state index in [1.54, 1.807) is 48.5 Å². The van der Waals surface area contributed by atoms with E-state index >= 15 is 0 Å². The van der Waals surface area contributed by atoms with E-state index in [1.165, 1.54) is 29.0 Å². The molecule has 0 fully saturated rings. The number of aryl methyl sites for hydroxylation is 1. The molecule has 1 N–H and O–H groups in total. The van der Waals surface area contributed by atoms with Gasteiger partial charge in [0.25, 0.3) is 10.0 Å². The van der Waals surface area contributed by atoms with Crippen LogP contribution in [0.4, 0.5) is 15.2 Å². The van der Waals surface area contributed by atoms with Crippen molar-refractivity contribution in [1.82, 2.24) is 4.98 Å². The highest BCUT2D eigenvalue weighted by molar-refractivity contribution is 8.93. The van der Waals surface area contributed by atoms with Crippen molar-refractivity contribution in [3.8, 4) is 11.3 Å². The summed E-state index contributed by atoms with van der Waals surface area (Å²) in [5.41, 5.74) is 7.26. The van der Waals surface area contributed by atoms with Crippen LogP contribution in [0.25, 0.3) is 11.3 Å². The Labute approximate surface area is 272 Å². The first-order valence-corrected chi connectivity index (χ1v) is 16.4. The molecule has 0 aliphatic carbocycles. The number of nitrogens with zero attached hydrogens (tertiary/aromatic N) is 3. The van der Waals surface area contributed by atoms with Crippen LogP contribution in [0.3, 0.4) is 0 Å². The Morgan fingerprint density at radius 3 is 2.16 bits per heavy atom. The Morgan fingerprint density at radius 2 is 1.52 bits per heavy atom. The highest BCUT2D eigenvalue weighted by Crippen LogP contribution is 2.40. The zero-order valence-electron chi connectivity index (χ0n) is 24.4. The van der Waals surface area contributed by atoms with Gasteiger partial charge in [0, 0.05) is 23.1 Å². The van der Waals surface area contributed by atoms with Gasteiger partial charge in [-0.1, -0.05) is 80.1 Å². The molecule has 0 spiro atoms. The Kier molecular flexibility index (Phi) is 9.34. The first kappa shape index (κ1) is 31.6. The molecule has 0 radical (unpaired) electrons. The first-order valence-electron chi connectivity index (χ1n) is 14.0. The van der Waals surface area contributed by atoms with Crippen LogP contribution in [-0.4, -0.2) is 19.1 Å². The quantitative estimate of drug-likeness (QED) is 0.176. The Morgan fingerprint density at radius 1 is 0.886 bits per heavy atom. The second-order valence-corrected chi connectivity index (χ2v) is 13.5. The summed E-state index contributed by atoms with van der Waals surface area (Å²) in [4.78, 5) is 5.14. The number of aromatic nitrogens is 1. The number of thiazole rings is 1. The molecule has 0 amide bonds. The Balaban J connectivity index is 0.00000384. The number of nitrogens with one attached hydrogen (secondary N) is 1. The zero-order chi connectivity index (χ0) is 30.1. The van der Waals surface area contributed by atoms with E-state index in [4.69, 9.17) is 10.1 Å². The molecule has 6 rings (SSSR count). The van der Waals surface area contributed by atoms with Gasteiger partial charge in [0.05, 0.1) is 22.3 Å². The number of sulfonamides is 1. The van der Waals surface area contributed by atoms with Gasteiger partial charge in [-0.05, 0) is 65.9 Å². The van der Waals surface area contributed by atoms with E-state index in [0.717, 1.165) is 38.8 Å². The van der Waals surface area contributed by atoms with E-state index in [0.29, 0.717) is 18.0 Å². The third-order valence-electron chi connectivity index (χ3n) is 7.53. The second-order valence-electron chi connectivity index (χ2n) is 11.0.